The fourth-order valence-corrected chi connectivity index (χ4v) is 5.74. The number of amides is 2. The molecule has 2 aliphatic heterocycles. The van der Waals surface area contributed by atoms with Crippen molar-refractivity contribution in [2.75, 3.05) is 26.2 Å². The molecule has 0 spiro atoms. The molecular weight excluding hydrogens is 370 g/mol. The molecule has 5 nitrogen and oxygen atoms in total. The summed E-state index contributed by atoms with van der Waals surface area (Å²) in [6, 6.07) is 8.32. The summed E-state index contributed by atoms with van der Waals surface area (Å²) in [5, 5.41) is 1.22. The zero-order chi connectivity index (χ0) is 19.1. The summed E-state index contributed by atoms with van der Waals surface area (Å²) in [4.78, 5) is 34.0. The lowest BCUT2D eigenvalue weighted by Crippen LogP contribution is -2.46. The number of para-hydroxylation sites is 1. The van der Waals surface area contributed by atoms with Crippen LogP contribution in [-0.2, 0) is 9.59 Å². The number of hydrogen-bond donors (Lipinski definition) is 0. The van der Waals surface area contributed by atoms with E-state index < -0.39 is 0 Å². The largest absolute Gasteiger partial charge is 0.342 e. The van der Waals surface area contributed by atoms with Crippen molar-refractivity contribution in [2.24, 2.45) is 11.8 Å². The van der Waals surface area contributed by atoms with E-state index in [9.17, 15) is 9.59 Å². The van der Waals surface area contributed by atoms with E-state index in [2.05, 4.69) is 23.1 Å². The van der Waals surface area contributed by atoms with Crippen molar-refractivity contribution < 1.29 is 9.59 Å². The van der Waals surface area contributed by atoms with Gasteiger partial charge in [0.25, 0.3) is 0 Å². The van der Waals surface area contributed by atoms with Crippen LogP contribution in [0.4, 0.5) is 0 Å². The van der Waals surface area contributed by atoms with Gasteiger partial charge in [-0.2, -0.15) is 0 Å². The number of carbonyl (C=O) groups is 2. The molecule has 0 N–H and O–H groups in total. The van der Waals surface area contributed by atoms with E-state index in [1.165, 1.54) is 9.71 Å². The van der Waals surface area contributed by atoms with E-state index in [-0.39, 0.29) is 11.8 Å². The predicted octanol–water partition coefficient (Wildman–Crippen LogP) is 3.65. The minimum atomic E-state index is 0.0993. The average Bonchev–Trinajstić information content (AvgIpc) is 3.51. The van der Waals surface area contributed by atoms with Gasteiger partial charge in [-0.05, 0) is 50.7 Å². The van der Waals surface area contributed by atoms with Crippen molar-refractivity contribution in [3.8, 4) is 0 Å². The van der Waals surface area contributed by atoms with Crippen LogP contribution in [0.15, 0.2) is 24.3 Å². The number of piperidine rings is 2. The molecule has 0 atom stereocenters. The van der Waals surface area contributed by atoms with Gasteiger partial charge in [0.2, 0.25) is 11.8 Å². The van der Waals surface area contributed by atoms with Gasteiger partial charge in [-0.25, -0.2) is 4.98 Å². The number of aromatic nitrogens is 1. The summed E-state index contributed by atoms with van der Waals surface area (Å²) in [5.41, 5.74) is 1.09. The number of likely N-dealkylation sites (tertiary alicyclic amines) is 2. The van der Waals surface area contributed by atoms with Crippen molar-refractivity contribution in [3.05, 3.63) is 29.3 Å². The second-order valence-electron chi connectivity index (χ2n) is 8.49. The fraction of sp³-hybridized carbons (Fsp3) is 0.591. The average molecular weight is 398 g/mol. The van der Waals surface area contributed by atoms with E-state index in [1.54, 1.807) is 11.3 Å². The smallest absolute Gasteiger partial charge is 0.225 e. The third-order valence-electron chi connectivity index (χ3n) is 6.55. The molecule has 1 aliphatic carbocycles. The summed E-state index contributed by atoms with van der Waals surface area (Å²) < 4.78 is 1.25. The Morgan fingerprint density at radius 1 is 0.821 bits per heavy atom. The molecule has 2 aromatic rings. The highest BCUT2D eigenvalue weighted by atomic mass is 32.1. The van der Waals surface area contributed by atoms with E-state index >= 15 is 0 Å². The summed E-state index contributed by atoms with van der Waals surface area (Å²) >= 11 is 1.80. The van der Waals surface area contributed by atoms with Crippen molar-refractivity contribution in [1.29, 1.82) is 0 Å². The van der Waals surface area contributed by atoms with Crippen LogP contribution in [0, 0.1) is 11.8 Å². The Morgan fingerprint density at radius 2 is 1.39 bits per heavy atom. The molecule has 1 saturated carbocycles. The van der Waals surface area contributed by atoms with Gasteiger partial charge in [0.1, 0.15) is 0 Å². The van der Waals surface area contributed by atoms with Gasteiger partial charge >= 0.3 is 0 Å². The molecule has 3 aliphatic rings. The van der Waals surface area contributed by atoms with Crippen molar-refractivity contribution in [3.63, 3.8) is 0 Å². The van der Waals surface area contributed by atoms with Gasteiger partial charge in [0.15, 0.2) is 0 Å². The second-order valence-corrected chi connectivity index (χ2v) is 9.56. The van der Waals surface area contributed by atoms with Gasteiger partial charge in [-0.15, -0.1) is 11.3 Å². The van der Waals surface area contributed by atoms with E-state index in [0.717, 1.165) is 70.2 Å². The Balaban J connectivity index is 1.14. The van der Waals surface area contributed by atoms with Crippen LogP contribution in [0.2, 0.25) is 0 Å². The lowest BCUT2D eigenvalue weighted by atomic mass is 9.92. The Hall–Kier alpha value is -1.95. The second kappa shape index (κ2) is 7.47. The molecule has 6 heteroatoms. The molecule has 0 bridgehead atoms. The van der Waals surface area contributed by atoms with Crippen LogP contribution in [0.1, 0.15) is 49.5 Å². The summed E-state index contributed by atoms with van der Waals surface area (Å²) in [5.74, 6) is 1.49. The molecule has 5 rings (SSSR count). The zero-order valence-corrected chi connectivity index (χ0v) is 17.0. The molecule has 0 radical (unpaired) electrons. The van der Waals surface area contributed by atoms with Crippen molar-refractivity contribution in [2.45, 2.75) is 44.4 Å². The Labute approximate surface area is 169 Å². The monoisotopic (exact) mass is 397 g/mol. The molecule has 3 heterocycles. The first-order valence-electron chi connectivity index (χ1n) is 10.6. The number of hydrogen-bond acceptors (Lipinski definition) is 4. The molecule has 3 fully saturated rings. The van der Waals surface area contributed by atoms with Gasteiger partial charge in [0.05, 0.1) is 15.2 Å². The number of carbonyl (C=O) groups excluding carboxylic acids is 2. The third-order valence-corrected chi connectivity index (χ3v) is 7.75. The SMILES string of the molecule is O=C(C1CC1)N1CCC(C(=O)N2CCC(c3nc4ccccc4s3)CC2)CC1. The number of benzene rings is 1. The van der Waals surface area contributed by atoms with Crippen molar-refractivity contribution >= 4 is 33.4 Å². The molecule has 2 amide bonds. The minimum Gasteiger partial charge on any atom is -0.342 e. The van der Waals surface area contributed by atoms with Gasteiger partial charge < -0.3 is 9.80 Å². The number of thiazole rings is 1. The van der Waals surface area contributed by atoms with Crippen LogP contribution < -0.4 is 0 Å². The van der Waals surface area contributed by atoms with E-state index in [1.807, 2.05) is 11.0 Å². The maximum Gasteiger partial charge on any atom is 0.225 e. The van der Waals surface area contributed by atoms with Crippen LogP contribution in [0.3, 0.4) is 0 Å². The van der Waals surface area contributed by atoms with Gasteiger partial charge in [0, 0.05) is 43.9 Å². The first-order chi connectivity index (χ1) is 13.7. The first-order valence-corrected chi connectivity index (χ1v) is 11.4. The molecule has 2 saturated heterocycles. The first kappa shape index (κ1) is 18.1. The summed E-state index contributed by atoms with van der Waals surface area (Å²) in [6.45, 7) is 3.18. The predicted molar refractivity (Wildman–Crippen MR) is 110 cm³/mol. The highest BCUT2D eigenvalue weighted by molar-refractivity contribution is 7.18. The van der Waals surface area contributed by atoms with Gasteiger partial charge in [-0.1, -0.05) is 12.1 Å². The van der Waals surface area contributed by atoms with Crippen molar-refractivity contribution in [1.82, 2.24) is 14.8 Å². The maximum absolute atomic E-state index is 13.0. The Morgan fingerprint density at radius 3 is 2.00 bits per heavy atom. The Kier molecular flexibility index (Phi) is 4.83. The molecule has 28 heavy (non-hydrogen) atoms. The normalized spacial score (nSPS) is 22.0. The molecule has 148 valence electrons. The lowest BCUT2D eigenvalue weighted by molar-refractivity contribution is -0.142. The van der Waals surface area contributed by atoms with E-state index in [4.69, 9.17) is 4.98 Å². The van der Waals surface area contributed by atoms with Gasteiger partial charge in [-0.3, -0.25) is 9.59 Å². The lowest BCUT2D eigenvalue weighted by Gasteiger charge is -2.37. The topological polar surface area (TPSA) is 53.5 Å². The summed E-state index contributed by atoms with van der Waals surface area (Å²) in [7, 11) is 0. The summed E-state index contributed by atoms with van der Waals surface area (Å²) in [6.07, 6.45) is 5.78. The number of fused-ring (bicyclic) bond motifs is 1. The third kappa shape index (κ3) is 3.54. The van der Waals surface area contributed by atoms with Crippen LogP contribution >= 0.6 is 11.3 Å². The van der Waals surface area contributed by atoms with Crippen LogP contribution in [0.5, 0.6) is 0 Å². The molecule has 1 aromatic heterocycles. The highest BCUT2D eigenvalue weighted by Gasteiger charge is 2.37. The fourth-order valence-electron chi connectivity index (χ4n) is 4.60. The minimum absolute atomic E-state index is 0.0993. The molecular formula is C22H27N3O2S. The molecule has 0 unspecified atom stereocenters. The number of rotatable bonds is 3. The highest BCUT2D eigenvalue weighted by Crippen LogP contribution is 2.35. The van der Waals surface area contributed by atoms with E-state index in [0.29, 0.717) is 17.7 Å². The zero-order valence-electron chi connectivity index (χ0n) is 16.2. The van der Waals surface area contributed by atoms with Crippen LogP contribution in [-0.4, -0.2) is 52.8 Å². The molecule has 1 aromatic carbocycles. The standard InChI is InChI=1S/C22H27N3O2S/c26-21(16-5-6-16)25-13-9-17(10-14-25)22(27)24-11-7-15(8-12-24)20-23-18-3-1-2-4-19(18)28-20/h1-4,15-17H,5-14H2. The Bertz CT molecular complexity index is 842. The maximum atomic E-state index is 13.0. The number of nitrogens with zero attached hydrogens (tertiary/aromatic N) is 3. The van der Waals surface area contributed by atoms with Crippen LogP contribution in [0.25, 0.3) is 10.2 Å². The quantitative estimate of drug-likeness (QED) is 0.794.